The number of halogens is 1. The maximum Gasteiger partial charge on any atom is 0.122 e. The summed E-state index contributed by atoms with van der Waals surface area (Å²) >= 11 is 3.44. The van der Waals surface area contributed by atoms with Crippen molar-refractivity contribution in [1.29, 1.82) is 0 Å². The van der Waals surface area contributed by atoms with E-state index in [1.165, 1.54) is 0 Å². The molecule has 1 unspecified atom stereocenters. The third kappa shape index (κ3) is 4.08. The second kappa shape index (κ2) is 6.73. The van der Waals surface area contributed by atoms with Crippen LogP contribution < -0.4 is 4.74 Å². The molecule has 0 bridgehead atoms. The van der Waals surface area contributed by atoms with Crippen LogP contribution in [-0.4, -0.2) is 18.3 Å². The van der Waals surface area contributed by atoms with Gasteiger partial charge in [-0.2, -0.15) is 0 Å². The molecular weight excluding hydrogens is 304 g/mol. The standard InChI is InChI=1S/C16H17BrO2/c1-19-16-8-3-2-6-13(16)11-15(18)10-12-5-4-7-14(17)9-12/h2-9,15,18H,10-11H2,1H3. The summed E-state index contributed by atoms with van der Waals surface area (Å²) in [7, 11) is 1.65. The predicted molar refractivity (Wildman–Crippen MR) is 80.6 cm³/mol. The van der Waals surface area contributed by atoms with Gasteiger partial charge < -0.3 is 9.84 Å². The number of ether oxygens (including phenoxy) is 1. The minimum absolute atomic E-state index is 0.411. The number of para-hydroxylation sites is 1. The quantitative estimate of drug-likeness (QED) is 0.912. The molecular formula is C16H17BrO2. The molecule has 0 aliphatic heterocycles. The van der Waals surface area contributed by atoms with Gasteiger partial charge in [0.1, 0.15) is 5.75 Å². The highest BCUT2D eigenvalue weighted by Crippen LogP contribution is 2.20. The van der Waals surface area contributed by atoms with Crippen LogP contribution in [0.3, 0.4) is 0 Å². The highest BCUT2D eigenvalue weighted by molar-refractivity contribution is 9.10. The Bertz CT molecular complexity index is 540. The lowest BCUT2D eigenvalue weighted by atomic mass is 10.0. The lowest BCUT2D eigenvalue weighted by Crippen LogP contribution is -2.14. The third-order valence-corrected chi connectivity index (χ3v) is 3.50. The summed E-state index contributed by atoms with van der Waals surface area (Å²) in [6, 6.07) is 15.8. The molecule has 19 heavy (non-hydrogen) atoms. The van der Waals surface area contributed by atoms with Gasteiger partial charge in [-0.05, 0) is 35.7 Å². The smallest absolute Gasteiger partial charge is 0.122 e. The summed E-state index contributed by atoms with van der Waals surface area (Å²) in [5.74, 6) is 0.829. The van der Waals surface area contributed by atoms with Crippen molar-refractivity contribution in [2.24, 2.45) is 0 Å². The van der Waals surface area contributed by atoms with Gasteiger partial charge in [-0.25, -0.2) is 0 Å². The minimum Gasteiger partial charge on any atom is -0.496 e. The van der Waals surface area contributed by atoms with E-state index in [0.717, 1.165) is 21.3 Å². The summed E-state index contributed by atoms with van der Waals surface area (Å²) in [5.41, 5.74) is 2.16. The van der Waals surface area contributed by atoms with E-state index in [0.29, 0.717) is 12.8 Å². The molecule has 0 amide bonds. The number of methoxy groups -OCH3 is 1. The molecule has 2 rings (SSSR count). The topological polar surface area (TPSA) is 29.5 Å². The van der Waals surface area contributed by atoms with Crippen LogP contribution in [0.25, 0.3) is 0 Å². The Morgan fingerprint density at radius 2 is 1.89 bits per heavy atom. The van der Waals surface area contributed by atoms with Gasteiger partial charge in [0.2, 0.25) is 0 Å². The van der Waals surface area contributed by atoms with Crippen molar-refractivity contribution >= 4 is 15.9 Å². The molecule has 0 aliphatic rings. The van der Waals surface area contributed by atoms with Crippen LogP contribution >= 0.6 is 15.9 Å². The van der Waals surface area contributed by atoms with Crippen LogP contribution in [-0.2, 0) is 12.8 Å². The fourth-order valence-electron chi connectivity index (χ4n) is 2.13. The summed E-state index contributed by atoms with van der Waals surface area (Å²) in [6.07, 6.45) is 0.819. The van der Waals surface area contributed by atoms with E-state index in [1.807, 2.05) is 48.5 Å². The van der Waals surface area contributed by atoms with Gasteiger partial charge in [-0.1, -0.05) is 46.3 Å². The Balaban J connectivity index is 2.03. The van der Waals surface area contributed by atoms with Crippen LogP contribution in [0.5, 0.6) is 5.75 Å². The normalized spacial score (nSPS) is 12.2. The summed E-state index contributed by atoms with van der Waals surface area (Å²) in [4.78, 5) is 0. The largest absolute Gasteiger partial charge is 0.496 e. The molecule has 100 valence electrons. The first-order chi connectivity index (χ1) is 9.19. The van der Waals surface area contributed by atoms with Gasteiger partial charge >= 0.3 is 0 Å². The number of hydrogen-bond acceptors (Lipinski definition) is 2. The molecule has 2 aromatic carbocycles. The van der Waals surface area contributed by atoms with Gasteiger partial charge in [0.25, 0.3) is 0 Å². The first kappa shape index (κ1) is 14.1. The molecule has 0 fully saturated rings. The van der Waals surface area contributed by atoms with Gasteiger partial charge in [-0.3, -0.25) is 0 Å². The van der Waals surface area contributed by atoms with E-state index in [1.54, 1.807) is 7.11 Å². The van der Waals surface area contributed by atoms with E-state index < -0.39 is 6.10 Å². The van der Waals surface area contributed by atoms with E-state index in [4.69, 9.17) is 4.74 Å². The zero-order chi connectivity index (χ0) is 13.7. The number of rotatable bonds is 5. The molecule has 3 heteroatoms. The average Bonchev–Trinajstić information content (AvgIpc) is 2.39. The Morgan fingerprint density at radius 1 is 1.11 bits per heavy atom. The lowest BCUT2D eigenvalue weighted by molar-refractivity contribution is 0.174. The molecule has 0 aliphatic carbocycles. The van der Waals surface area contributed by atoms with E-state index in [2.05, 4.69) is 15.9 Å². The van der Waals surface area contributed by atoms with Crippen molar-refractivity contribution in [2.75, 3.05) is 7.11 Å². The van der Waals surface area contributed by atoms with Crippen molar-refractivity contribution in [3.05, 3.63) is 64.1 Å². The first-order valence-electron chi connectivity index (χ1n) is 6.23. The molecule has 2 nitrogen and oxygen atoms in total. The van der Waals surface area contributed by atoms with E-state index in [-0.39, 0.29) is 0 Å². The first-order valence-corrected chi connectivity index (χ1v) is 7.02. The SMILES string of the molecule is COc1ccccc1CC(O)Cc1cccc(Br)c1. The molecule has 2 aromatic rings. The van der Waals surface area contributed by atoms with Crippen LogP contribution in [0.1, 0.15) is 11.1 Å². The Kier molecular flexibility index (Phi) is 5.00. The monoisotopic (exact) mass is 320 g/mol. The predicted octanol–water partition coefficient (Wildman–Crippen LogP) is 3.60. The fourth-order valence-corrected chi connectivity index (χ4v) is 2.58. The Hall–Kier alpha value is -1.32. The lowest BCUT2D eigenvalue weighted by Gasteiger charge is -2.13. The van der Waals surface area contributed by atoms with Crippen LogP contribution in [0, 0.1) is 0 Å². The van der Waals surface area contributed by atoms with Gasteiger partial charge in [-0.15, -0.1) is 0 Å². The van der Waals surface area contributed by atoms with Crippen LogP contribution in [0.2, 0.25) is 0 Å². The van der Waals surface area contributed by atoms with Gasteiger partial charge in [0.05, 0.1) is 13.2 Å². The van der Waals surface area contributed by atoms with Crippen molar-refractivity contribution in [1.82, 2.24) is 0 Å². The van der Waals surface area contributed by atoms with Crippen molar-refractivity contribution < 1.29 is 9.84 Å². The van der Waals surface area contributed by atoms with Gasteiger partial charge in [0.15, 0.2) is 0 Å². The minimum atomic E-state index is -0.411. The Labute approximate surface area is 122 Å². The maximum atomic E-state index is 10.2. The zero-order valence-electron chi connectivity index (χ0n) is 10.8. The number of aliphatic hydroxyl groups is 1. The summed E-state index contributed by atoms with van der Waals surface area (Å²) in [5, 5.41) is 10.2. The molecule has 1 N–H and O–H groups in total. The number of aliphatic hydroxyl groups excluding tert-OH is 1. The average molecular weight is 321 g/mol. The molecule has 0 heterocycles. The Morgan fingerprint density at radius 3 is 2.63 bits per heavy atom. The number of hydrogen-bond donors (Lipinski definition) is 1. The van der Waals surface area contributed by atoms with Crippen molar-refractivity contribution in [3.8, 4) is 5.75 Å². The molecule has 0 saturated carbocycles. The third-order valence-electron chi connectivity index (χ3n) is 3.01. The van der Waals surface area contributed by atoms with Crippen molar-refractivity contribution in [3.63, 3.8) is 0 Å². The maximum absolute atomic E-state index is 10.2. The second-order valence-electron chi connectivity index (χ2n) is 4.50. The molecule has 1 atom stereocenters. The summed E-state index contributed by atoms with van der Waals surface area (Å²) in [6.45, 7) is 0. The zero-order valence-corrected chi connectivity index (χ0v) is 12.4. The number of benzene rings is 2. The molecule has 0 radical (unpaired) electrons. The van der Waals surface area contributed by atoms with E-state index in [9.17, 15) is 5.11 Å². The highest BCUT2D eigenvalue weighted by Gasteiger charge is 2.10. The fraction of sp³-hybridized carbons (Fsp3) is 0.250. The highest BCUT2D eigenvalue weighted by atomic mass is 79.9. The van der Waals surface area contributed by atoms with Gasteiger partial charge in [0, 0.05) is 10.9 Å². The van der Waals surface area contributed by atoms with Crippen molar-refractivity contribution in [2.45, 2.75) is 18.9 Å². The summed E-state index contributed by atoms with van der Waals surface area (Å²) < 4.78 is 6.33. The molecule has 0 aromatic heterocycles. The molecule has 0 saturated heterocycles. The van der Waals surface area contributed by atoms with Crippen LogP contribution in [0.15, 0.2) is 53.0 Å². The molecule has 0 spiro atoms. The van der Waals surface area contributed by atoms with E-state index >= 15 is 0 Å². The second-order valence-corrected chi connectivity index (χ2v) is 5.42. The van der Waals surface area contributed by atoms with Crippen LogP contribution in [0.4, 0.5) is 0 Å².